The van der Waals surface area contributed by atoms with Crippen LogP contribution in [0.5, 0.6) is 5.75 Å². The predicted molar refractivity (Wildman–Crippen MR) is 120 cm³/mol. The molecule has 1 heterocycles. The summed E-state index contributed by atoms with van der Waals surface area (Å²) in [6.07, 6.45) is 2.38. The molecule has 0 aliphatic carbocycles. The SMILES string of the molecule is CCOc1ccc(Br)cc1S(=O)(=O)N1CCCC[C@@H]1CNC(=O)Nc1ccccc1. The number of urea groups is 1. The lowest BCUT2D eigenvalue weighted by Gasteiger charge is -2.35. The molecule has 2 amide bonds. The van der Waals surface area contributed by atoms with Gasteiger partial charge in [0.1, 0.15) is 10.6 Å². The van der Waals surface area contributed by atoms with Gasteiger partial charge in [0, 0.05) is 29.3 Å². The topological polar surface area (TPSA) is 87.7 Å². The third-order valence-electron chi connectivity index (χ3n) is 4.90. The molecule has 1 saturated heterocycles. The first-order valence-corrected chi connectivity index (χ1v) is 12.2. The second-order valence-electron chi connectivity index (χ2n) is 6.99. The summed E-state index contributed by atoms with van der Waals surface area (Å²) in [6.45, 7) is 2.83. The number of benzene rings is 2. The Balaban J connectivity index is 1.75. The summed E-state index contributed by atoms with van der Waals surface area (Å²) in [6, 6.07) is 13.4. The molecule has 0 bridgehead atoms. The Labute approximate surface area is 186 Å². The van der Waals surface area contributed by atoms with E-state index in [1.807, 2.05) is 25.1 Å². The summed E-state index contributed by atoms with van der Waals surface area (Å²) in [5.41, 5.74) is 0.679. The highest BCUT2D eigenvalue weighted by Crippen LogP contribution is 2.33. The van der Waals surface area contributed by atoms with Crippen molar-refractivity contribution in [1.29, 1.82) is 0 Å². The average molecular weight is 496 g/mol. The van der Waals surface area contributed by atoms with Crippen LogP contribution in [0.2, 0.25) is 0 Å². The molecular formula is C21H26BrN3O4S. The number of nitrogens with one attached hydrogen (secondary N) is 2. The average Bonchev–Trinajstić information content (AvgIpc) is 2.74. The van der Waals surface area contributed by atoms with Gasteiger partial charge in [0.15, 0.2) is 0 Å². The zero-order chi connectivity index (χ0) is 21.6. The smallest absolute Gasteiger partial charge is 0.319 e. The number of anilines is 1. The van der Waals surface area contributed by atoms with E-state index in [4.69, 9.17) is 4.74 Å². The Morgan fingerprint density at radius 3 is 2.70 bits per heavy atom. The standard InChI is InChI=1S/C21H26BrN3O4S/c1-2-29-19-12-11-16(22)14-20(19)30(27,28)25-13-7-6-10-18(25)15-23-21(26)24-17-8-4-3-5-9-17/h3-5,8-9,11-12,14,18H,2,6-7,10,13,15H2,1H3,(H2,23,24,26)/t18-/m1/s1. The molecule has 1 fully saturated rings. The summed E-state index contributed by atoms with van der Waals surface area (Å²) in [4.78, 5) is 12.4. The van der Waals surface area contributed by atoms with E-state index >= 15 is 0 Å². The zero-order valence-corrected chi connectivity index (χ0v) is 19.2. The van der Waals surface area contributed by atoms with Crippen molar-refractivity contribution in [2.45, 2.75) is 37.1 Å². The van der Waals surface area contributed by atoms with Gasteiger partial charge in [0.2, 0.25) is 10.0 Å². The van der Waals surface area contributed by atoms with E-state index in [-0.39, 0.29) is 23.5 Å². The van der Waals surface area contributed by atoms with Gasteiger partial charge in [-0.1, -0.05) is 40.5 Å². The second-order valence-corrected chi connectivity index (χ2v) is 9.77. The Hall–Kier alpha value is -2.10. The molecule has 30 heavy (non-hydrogen) atoms. The third-order valence-corrected chi connectivity index (χ3v) is 7.36. The molecule has 0 spiro atoms. The lowest BCUT2D eigenvalue weighted by molar-refractivity contribution is 0.231. The van der Waals surface area contributed by atoms with E-state index in [9.17, 15) is 13.2 Å². The normalized spacial score (nSPS) is 17.3. The maximum Gasteiger partial charge on any atom is 0.319 e. The quantitative estimate of drug-likeness (QED) is 0.601. The first kappa shape index (κ1) is 22.6. The summed E-state index contributed by atoms with van der Waals surface area (Å²) >= 11 is 3.36. The fourth-order valence-electron chi connectivity index (χ4n) is 3.49. The highest BCUT2D eigenvalue weighted by atomic mass is 79.9. The Morgan fingerprint density at radius 2 is 1.97 bits per heavy atom. The molecule has 2 aromatic rings. The van der Waals surface area contributed by atoms with Crippen LogP contribution in [0.1, 0.15) is 26.2 Å². The minimum absolute atomic E-state index is 0.138. The summed E-state index contributed by atoms with van der Waals surface area (Å²) in [5.74, 6) is 0.333. The highest BCUT2D eigenvalue weighted by Gasteiger charge is 2.35. The second kappa shape index (κ2) is 10.3. The van der Waals surface area contributed by atoms with Crippen molar-refractivity contribution in [2.24, 2.45) is 0 Å². The Morgan fingerprint density at radius 1 is 1.20 bits per heavy atom. The molecule has 0 aromatic heterocycles. The largest absolute Gasteiger partial charge is 0.492 e. The van der Waals surface area contributed by atoms with Crippen LogP contribution < -0.4 is 15.4 Å². The molecule has 2 N–H and O–H groups in total. The number of para-hydroxylation sites is 1. The van der Waals surface area contributed by atoms with Gasteiger partial charge in [-0.05, 0) is 50.1 Å². The van der Waals surface area contributed by atoms with E-state index < -0.39 is 10.0 Å². The first-order valence-electron chi connectivity index (χ1n) is 9.96. The van der Waals surface area contributed by atoms with Crippen molar-refractivity contribution in [2.75, 3.05) is 25.0 Å². The van der Waals surface area contributed by atoms with Gasteiger partial charge in [-0.15, -0.1) is 0 Å². The lowest BCUT2D eigenvalue weighted by atomic mass is 10.1. The number of hydrogen-bond acceptors (Lipinski definition) is 4. The van der Waals surface area contributed by atoms with Gasteiger partial charge in [0.25, 0.3) is 0 Å². The van der Waals surface area contributed by atoms with Gasteiger partial charge in [-0.25, -0.2) is 13.2 Å². The third kappa shape index (κ3) is 5.53. The Bertz CT molecular complexity index is 969. The fourth-order valence-corrected chi connectivity index (χ4v) is 5.85. The molecule has 0 saturated carbocycles. The number of carbonyl (C=O) groups excluding carboxylic acids is 1. The van der Waals surface area contributed by atoms with E-state index in [0.717, 1.165) is 12.8 Å². The van der Waals surface area contributed by atoms with E-state index in [1.165, 1.54) is 4.31 Å². The van der Waals surface area contributed by atoms with Crippen LogP contribution in [0.25, 0.3) is 0 Å². The molecule has 7 nitrogen and oxygen atoms in total. The first-order chi connectivity index (χ1) is 14.4. The van der Waals surface area contributed by atoms with Crippen molar-refractivity contribution in [1.82, 2.24) is 9.62 Å². The molecule has 3 rings (SSSR count). The summed E-state index contributed by atoms with van der Waals surface area (Å²) in [5, 5.41) is 5.56. The molecule has 162 valence electrons. The summed E-state index contributed by atoms with van der Waals surface area (Å²) < 4.78 is 34.7. The maximum atomic E-state index is 13.5. The predicted octanol–water partition coefficient (Wildman–Crippen LogP) is 4.21. The van der Waals surface area contributed by atoms with Crippen molar-refractivity contribution in [3.05, 3.63) is 53.0 Å². The highest BCUT2D eigenvalue weighted by molar-refractivity contribution is 9.10. The Kier molecular flexibility index (Phi) is 7.74. The van der Waals surface area contributed by atoms with E-state index in [1.54, 1.807) is 30.3 Å². The molecule has 1 aliphatic heterocycles. The van der Waals surface area contributed by atoms with Gasteiger partial charge in [-0.3, -0.25) is 0 Å². The molecule has 2 aromatic carbocycles. The van der Waals surface area contributed by atoms with Crippen LogP contribution >= 0.6 is 15.9 Å². The maximum absolute atomic E-state index is 13.5. The van der Waals surface area contributed by atoms with Crippen LogP contribution in [0.4, 0.5) is 10.5 Å². The number of sulfonamides is 1. The van der Waals surface area contributed by atoms with Gasteiger partial charge in [-0.2, -0.15) is 4.31 Å². The molecule has 1 aliphatic rings. The van der Waals surface area contributed by atoms with Crippen LogP contribution in [0, 0.1) is 0 Å². The summed E-state index contributed by atoms with van der Waals surface area (Å²) in [7, 11) is -3.79. The zero-order valence-electron chi connectivity index (χ0n) is 16.8. The number of piperidine rings is 1. The van der Waals surface area contributed by atoms with Crippen molar-refractivity contribution < 1.29 is 17.9 Å². The van der Waals surface area contributed by atoms with Crippen LogP contribution in [0.3, 0.4) is 0 Å². The fraction of sp³-hybridized carbons (Fsp3) is 0.381. The van der Waals surface area contributed by atoms with Crippen molar-refractivity contribution in [3.8, 4) is 5.75 Å². The van der Waals surface area contributed by atoms with Crippen LogP contribution in [-0.4, -0.2) is 44.5 Å². The monoisotopic (exact) mass is 495 g/mol. The molecule has 0 radical (unpaired) electrons. The van der Waals surface area contributed by atoms with Crippen molar-refractivity contribution in [3.63, 3.8) is 0 Å². The van der Waals surface area contributed by atoms with Crippen LogP contribution in [-0.2, 0) is 10.0 Å². The van der Waals surface area contributed by atoms with E-state index in [2.05, 4.69) is 26.6 Å². The van der Waals surface area contributed by atoms with Gasteiger partial charge >= 0.3 is 6.03 Å². The lowest BCUT2D eigenvalue weighted by Crippen LogP contribution is -2.49. The number of rotatable bonds is 7. The van der Waals surface area contributed by atoms with Gasteiger partial charge in [0.05, 0.1) is 6.61 Å². The number of nitrogens with zero attached hydrogens (tertiary/aromatic N) is 1. The van der Waals surface area contributed by atoms with Gasteiger partial charge < -0.3 is 15.4 Å². The number of hydrogen-bond donors (Lipinski definition) is 2. The van der Waals surface area contributed by atoms with E-state index in [0.29, 0.717) is 35.5 Å². The minimum Gasteiger partial charge on any atom is -0.492 e. The molecule has 1 atom stereocenters. The molecule has 9 heteroatoms. The number of ether oxygens (including phenoxy) is 1. The minimum atomic E-state index is -3.79. The molecule has 0 unspecified atom stereocenters. The molecular weight excluding hydrogens is 470 g/mol. The number of carbonyl (C=O) groups is 1. The number of amides is 2. The number of halogens is 1. The van der Waals surface area contributed by atoms with Crippen LogP contribution in [0.15, 0.2) is 57.9 Å². The van der Waals surface area contributed by atoms with Crippen molar-refractivity contribution >= 4 is 37.7 Å².